The zero-order valence-corrected chi connectivity index (χ0v) is 11.0. The van der Waals surface area contributed by atoms with Gasteiger partial charge in [0.05, 0.1) is 5.69 Å². The highest BCUT2D eigenvalue weighted by Crippen LogP contribution is 2.32. The van der Waals surface area contributed by atoms with E-state index < -0.39 is 0 Å². The molecule has 2 aromatic heterocycles. The van der Waals surface area contributed by atoms with E-state index in [1.165, 1.54) is 18.5 Å². The van der Waals surface area contributed by atoms with Gasteiger partial charge in [-0.1, -0.05) is 6.07 Å². The molecule has 18 heavy (non-hydrogen) atoms. The van der Waals surface area contributed by atoms with Crippen molar-refractivity contribution < 1.29 is 0 Å². The minimum atomic E-state index is 0.149. The standard InChI is InChI=1S/C14H20N4/c1-10(15)9-12-14(17(2)11-6-7-11)16-13-5-3-4-8-18(12)13/h3-5,8,10-11H,6-7,9,15H2,1-2H3. The maximum atomic E-state index is 5.98. The number of pyridine rings is 1. The van der Waals surface area contributed by atoms with Crippen molar-refractivity contribution in [1.82, 2.24) is 9.38 Å². The predicted molar refractivity (Wildman–Crippen MR) is 74.0 cm³/mol. The monoisotopic (exact) mass is 244 g/mol. The molecule has 0 aliphatic heterocycles. The molecule has 1 aliphatic rings. The zero-order valence-electron chi connectivity index (χ0n) is 11.0. The molecule has 2 heterocycles. The summed E-state index contributed by atoms with van der Waals surface area (Å²) in [6.45, 7) is 2.04. The Hall–Kier alpha value is -1.55. The Balaban J connectivity index is 2.09. The Morgan fingerprint density at radius 3 is 2.94 bits per heavy atom. The third-order valence-corrected chi connectivity index (χ3v) is 3.55. The van der Waals surface area contributed by atoms with E-state index in [1.807, 2.05) is 19.1 Å². The number of nitrogens with zero attached hydrogens (tertiary/aromatic N) is 3. The molecule has 0 aromatic carbocycles. The van der Waals surface area contributed by atoms with E-state index in [0.717, 1.165) is 17.9 Å². The van der Waals surface area contributed by atoms with Crippen molar-refractivity contribution in [2.45, 2.75) is 38.3 Å². The molecule has 1 fully saturated rings. The van der Waals surface area contributed by atoms with Gasteiger partial charge in [-0.05, 0) is 31.9 Å². The van der Waals surface area contributed by atoms with E-state index in [9.17, 15) is 0 Å². The molecule has 0 amide bonds. The van der Waals surface area contributed by atoms with Gasteiger partial charge in [-0.15, -0.1) is 0 Å². The van der Waals surface area contributed by atoms with Crippen molar-refractivity contribution in [3.8, 4) is 0 Å². The fourth-order valence-corrected chi connectivity index (χ4v) is 2.45. The summed E-state index contributed by atoms with van der Waals surface area (Å²) in [5.41, 5.74) is 8.22. The average molecular weight is 244 g/mol. The Morgan fingerprint density at radius 2 is 2.28 bits per heavy atom. The van der Waals surface area contributed by atoms with Crippen molar-refractivity contribution >= 4 is 11.5 Å². The second-order valence-corrected chi connectivity index (χ2v) is 5.33. The number of imidazole rings is 1. The summed E-state index contributed by atoms with van der Waals surface area (Å²) in [7, 11) is 2.14. The van der Waals surface area contributed by atoms with E-state index in [4.69, 9.17) is 10.7 Å². The number of hydrogen-bond donors (Lipinski definition) is 1. The van der Waals surface area contributed by atoms with Crippen molar-refractivity contribution in [3.63, 3.8) is 0 Å². The lowest BCUT2D eigenvalue weighted by atomic mass is 10.2. The van der Waals surface area contributed by atoms with Crippen LogP contribution in [0.5, 0.6) is 0 Å². The first-order valence-corrected chi connectivity index (χ1v) is 6.61. The molecule has 4 heteroatoms. The number of nitrogens with two attached hydrogens (primary N) is 1. The Morgan fingerprint density at radius 1 is 1.50 bits per heavy atom. The fourth-order valence-electron chi connectivity index (χ4n) is 2.45. The third kappa shape index (κ3) is 1.97. The van der Waals surface area contributed by atoms with Crippen LogP contribution in [0.15, 0.2) is 24.4 Å². The lowest BCUT2D eigenvalue weighted by Gasteiger charge is -2.18. The van der Waals surface area contributed by atoms with E-state index in [0.29, 0.717) is 6.04 Å². The van der Waals surface area contributed by atoms with E-state index in [1.54, 1.807) is 0 Å². The number of hydrogen-bond acceptors (Lipinski definition) is 3. The van der Waals surface area contributed by atoms with Gasteiger partial charge in [0.15, 0.2) is 5.82 Å². The third-order valence-electron chi connectivity index (χ3n) is 3.55. The summed E-state index contributed by atoms with van der Waals surface area (Å²) < 4.78 is 2.16. The van der Waals surface area contributed by atoms with Crippen LogP contribution in [0.3, 0.4) is 0 Å². The van der Waals surface area contributed by atoms with Crippen LogP contribution in [-0.4, -0.2) is 28.5 Å². The SMILES string of the molecule is CC(N)Cc1c(N(C)C2CC2)nc2ccccn12. The molecule has 1 unspecified atom stereocenters. The fraction of sp³-hybridized carbons (Fsp3) is 0.500. The summed E-state index contributed by atoms with van der Waals surface area (Å²) in [4.78, 5) is 7.07. The predicted octanol–water partition coefficient (Wildman–Crippen LogP) is 1.82. The second-order valence-electron chi connectivity index (χ2n) is 5.33. The van der Waals surface area contributed by atoms with E-state index >= 15 is 0 Å². The van der Waals surface area contributed by atoms with Gasteiger partial charge in [-0.25, -0.2) is 4.98 Å². The normalized spacial score (nSPS) is 17.1. The molecule has 4 nitrogen and oxygen atoms in total. The largest absolute Gasteiger partial charge is 0.355 e. The highest BCUT2D eigenvalue weighted by molar-refractivity contribution is 5.56. The van der Waals surface area contributed by atoms with Crippen molar-refractivity contribution in [2.24, 2.45) is 5.73 Å². The molecule has 0 spiro atoms. The van der Waals surface area contributed by atoms with Crippen LogP contribution in [0.1, 0.15) is 25.5 Å². The van der Waals surface area contributed by atoms with Gasteiger partial charge in [-0.2, -0.15) is 0 Å². The van der Waals surface area contributed by atoms with E-state index in [-0.39, 0.29) is 6.04 Å². The molecule has 2 N–H and O–H groups in total. The Bertz CT molecular complexity index is 554. The maximum Gasteiger partial charge on any atom is 0.151 e. The highest BCUT2D eigenvalue weighted by atomic mass is 15.2. The minimum absolute atomic E-state index is 0.149. The first kappa shape index (κ1) is 11.5. The van der Waals surface area contributed by atoms with Gasteiger partial charge in [0.25, 0.3) is 0 Å². The molecule has 96 valence electrons. The molecule has 1 saturated carbocycles. The second kappa shape index (κ2) is 4.28. The molecule has 1 atom stereocenters. The van der Waals surface area contributed by atoms with Crippen LogP contribution in [0.4, 0.5) is 5.82 Å². The van der Waals surface area contributed by atoms with Gasteiger partial charge >= 0.3 is 0 Å². The maximum absolute atomic E-state index is 5.98. The smallest absolute Gasteiger partial charge is 0.151 e. The van der Waals surface area contributed by atoms with Gasteiger partial charge < -0.3 is 15.0 Å². The van der Waals surface area contributed by atoms with Gasteiger partial charge in [0.2, 0.25) is 0 Å². The molecule has 0 radical (unpaired) electrons. The number of anilines is 1. The van der Waals surface area contributed by atoms with Crippen LogP contribution in [0.25, 0.3) is 5.65 Å². The van der Waals surface area contributed by atoms with Crippen LogP contribution in [0, 0.1) is 0 Å². The van der Waals surface area contributed by atoms with Gasteiger partial charge in [0.1, 0.15) is 5.65 Å². The van der Waals surface area contributed by atoms with Crippen LogP contribution in [0.2, 0.25) is 0 Å². The van der Waals surface area contributed by atoms with Gasteiger partial charge in [0, 0.05) is 31.7 Å². The topological polar surface area (TPSA) is 46.6 Å². The summed E-state index contributed by atoms with van der Waals surface area (Å²) >= 11 is 0. The average Bonchev–Trinajstić information content (AvgIpc) is 3.12. The minimum Gasteiger partial charge on any atom is -0.355 e. The number of aromatic nitrogens is 2. The van der Waals surface area contributed by atoms with Gasteiger partial charge in [-0.3, -0.25) is 0 Å². The molecule has 2 aromatic rings. The zero-order chi connectivity index (χ0) is 12.7. The first-order chi connectivity index (χ1) is 8.66. The van der Waals surface area contributed by atoms with Crippen LogP contribution >= 0.6 is 0 Å². The van der Waals surface area contributed by atoms with Crippen molar-refractivity contribution in [2.75, 3.05) is 11.9 Å². The quantitative estimate of drug-likeness (QED) is 0.892. The van der Waals surface area contributed by atoms with Crippen molar-refractivity contribution in [3.05, 3.63) is 30.1 Å². The summed E-state index contributed by atoms with van der Waals surface area (Å²) in [5.74, 6) is 1.10. The van der Waals surface area contributed by atoms with E-state index in [2.05, 4.69) is 28.6 Å². The molecule has 0 bridgehead atoms. The van der Waals surface area contributed by atoms with Crippen LogP contribution in [-0.2, 0) is 6.42 Å². The molecule has 3 rings (SSSR count). The summed E-state index contributed by atoms with van der Waals surface area (Å²) in [5, 5.41) is 0. The van der Waals surface area contributed by atoms with Crippen molar-refractivity contribution in [1.29, 1.82) is 0 Å². The Labute approximate surface area is 107 Å². The lowest BCUT2D eigenvalue weighted by molar-refractivity contribution is 0.712. The molecule has 1 aliphatic carbocycles. The lowest BCUT2D eigenvalue weighted by Crippen LogP contribution is -2.24. The first-order valence-electron chi connectivity index (χ1n) is 6.61. The molecular weight excluding hydrogens is 224 g/mol. The summed E-state index contributed by atoms with van der Waals surface area (Å²) in [6.07, 6.45) is 5.49. The molecular formula is C14H20N4. The number of fused-ring (bicyclic) bond motifs is 1. The highest BCUT2D eigenvalue weighted by Gasteiger charge is 2.29. The number of rotatable bonds is 4. The molecule has 0 saturated heterocycles. The Kier molecular flexibility index (Phi) is 2.74. The van der Waals surface area contributed by atoms with Crippen LogP contribution < -0.4 is 10.6 Å². The summed E-state index contributed by atoms with van der Waals surface area (Å²) in [6, 6.07) is 6.94.